The molecule has 3 heteroatoms. The molecule has 0 bridgehead atoms. The van der Waals surface area contributed by atoms with E-state index >= 15 is 0 Å². The number of nitrogens with one attached hydrogen (secondary N) is 1. The van der Waals surface area contributed by atoms with Gasteiger partial charge in [0.15, 0.2) is 0 Å². The number of pyridine rings is 1. The van der Waals surface area contributed by atoms with E-state index in [0.717, 1.165) is 17.9 Å². The number of aryl methyl sites for hydroxylation is 1. The Balaban J connectivity index is 1.95. The third-order valence-electron chi connectivity index (χ3n) is 2.65. The van der Waals surface area contributed by atoms with Gasteiger partial charge in [0, 0.05) is 19.3 Å². The van der Waals surface area contributed by atoms with Crippen molar-refractivity contribution in [1.82, 2.24) is 4.98 Å². The number of nitrogens with zero attached hydrogens (tertiary/aromatic N) is 1. The molecule has 0 saturated heterocycles. The van der Waals surface area contributed by atoms with Gasteiger partial charge in [-0.15, -0.1) is 0 Å². The van der Waals surface area contributed by atoms with E-state index in [1.807, 2.05) is 12.1 Å². The highest BCUT2D eigenvalue weighted by Crippen LogP contribution is 2.08. The van der Waals surface area contributed by atoms with Crippen LogP contribution in [0.15, 0.2) is 42.6 Å². The topological polar surface area (TPSA) is 50.9 Å². The summed E-state index contributed by atoms with van der Waals surface area (Å²) in [6, 6.07) is 12.4. The van der Waals surface area contributed by atoms with Gasteiger partial charge in [0.1, 0.15) is 5.82 Å². The van der Waals surface area contributed by atoms with Crippen molar-refractivity contribution in [1.29, 1.82) is 0 Å². The highest BCUT2D eigenvalue weighted by atomic mass is 15.0. The Kier molecular flexibility index (Phi) is 3.73. The van der Waals surface area contributed by atoms with E-state index in [9.17, 15) is 0 Å². The number of hydrogen-bond acceptors (Lipinski definition) is 3. The zero-order valence-corrected chi connectivity index (χ0v) is 9.98. The molecular weight excluding hydrogens is 210 g/mol. The maximum atomic E-state index is 5.52. The van der Waals surface area contributed by atoms with Crippen LogP contribution < -0.4 is 11.1 Å². The van der Waals surface area contributed by atoms with E-state index in [2.05, 4.69) is 41.5 Å². The van der Waals surface area contributed by atoms with Gasteiger partial charge in [0.2, 0.25) is 0 Å². The largest absolute Gasteiger partial charge is 0.366 e. The van der Waals surface area contributed by atoms with Gasteiger partial charge in [-0.1, -0.05) is 35.9 Å². The first kappa shape index (κ1) is 11.6. The fourth-order valence-electron chi connectivity index (χ4n) is 1.55. The predicted octanol–water partition coefficient (Wildman–Crippen LogP) is 2.46. The lowest BCUT2D eigenvalue weighted by Crippen LogP contribution is -2.02. The molecule has 2 rings (SSSR count). The standard InChI is InChI=1S/C14H17N3/c1-11-2-4-12(5-3-11)9-16-14-7-6-13(8-15)10-17-14/h2-7,10H,8-9,15H2,1H3,(H,16,17). The van der Waals surface area contributed by atoms with Crippen molar-refractivity contribution in [3.8, 4) is 0 Å². The summed E-state index contributed by atoms with van der Waals surface area (Å²) in [6.07, 6.45) is 1.80. The van der Waals surface area contributed by atoms with Crippen molar-refractivity contribution in [2.75, 3.05) is 5.32 Å². The van der Waals surface area contributed by atoms with Crippen LogP contribution in [0.2, 0.25) is 0 Å². The molecule has 1 aromatic carbocycles. The minimum Gasteiger partial charge on any atom is -0.366 e. The lowest BCUT2D eigenvalue weighted by Gasteiger charge is -2.06. The molecule has 88 valence electrons. The molecule has 0 aliphatic rings. The molecule has 2 aromatic rings. The van der Waals surface area contributed by atoms with Gasteiger partial charge in [0.05, 0.1) is 0 Å². The van der Waals surface area contributed by atoms with Crippen LogP contribution in [0.1, 0.15) is 16.7 Å². The summed E-state index contributed by atoms with van der Waals surface area (Å²) in [5.74, 6) is 0.878. The first-order valence-electron chi connectivity index (χ1n) is 5.72. The highest BCUT2D eigenvalue weighted by molar-refractivity contribution is 5.37. The number of anilines is 1. The lowest BCUT2D eigenvalue weighted by molar-refractivity contribution is 1.04. The van der Waals surface area contributed by atoms with Crippen molar-refractivity contribution in [2.24, 2.45) is 5.73 Å². The van der Waals surface area contributed by atoms with Crippen molar-refractivity contribution in [3.05, 3.63) is 59.3 Å². The molecule has 0 spiro atoms. The molecule has 3 N–H and O–H groups in total. The van der Waals surface area contributed by atoms with E-state index in [1.165, 1.54) is 11.1 Å². The summed E-state index contributed by atoms with van der Waals surface area (Å²) in [5.41, 5.74) is 9.09. The maximum absolute atomic E-state index is 5.52. The summed E-state index contributed by atoms with van der Waals surface area (Å²) in [5, 5.41) is 3.28. The number of aromatic nitrogens is 1. The summed E-state index contributed by atoms with van der Waals surface area (Å²) < 4.78 is 0. The minimum absolute atomic E-state index is 0.533. The highest BCUT2D eigenvalue weighted by Gasteiger charge is 1.95. The molecule has 0 amide bonds. The van der Waals surface area contributed by atoms with Crippen LogP contribution in [0.25, 0.3) is 0 Å². The van der Waals surface area contributed by atoms with Gasteiger partial charge in [-0.25, -0.2) is 4.98 Å². The average Bonchev–Trinajstić information content (AvgIpc) is 2.39. The fraction of sp³-hybridized carbons (Fsp3) is 0.214. The van der Waals surface area contributed by atoms with Crippen LogP contribution in [-0.2, 0) is 13.1 Å². The van der Waals surface area contributed by atoms with Crippen LogP contribution in [0.3, 0.4) is 0 Å². The molecule has 0 atom stereocenters. The van der Waals surface area contributed by atoms with Crippen LogP contribution in [0.4, 0.5) is 5.82 Å². The molecule has 0 unspecified atom stereocenters. The summed E-state index contributed by atoms with van der Waals surface area (Å²) >= 11 is 0. The van der Waals surface area contributed by atoms with Gasteiger partial charge < -0.3 is 11.1 Å². The molecule has 0 saturated carbocycles. The molecule has 17 heavy (non-hydrogen) atoms. The summed E-state index contributed by atoms with van der Waals surface area (Å²) in [6.45, 7) is 3.41. The minimum atomic E-state index is 0.533. The van der Waals surface area contributed by atoms with E-state index in [0.29, 0.717) is 6.54 Å². The van der Waals surface area contributed by atoms with Crippen LogP contribution >= 0.6 is 0 Å². The van der Waals surface area contributed by atoms with Crippen molar-refractivity contribution in [3.63, 3.8) is 0 Å². The zero-order chi connectivity index (χ0) is 12.1. The summed E-state index contributed by atoms with van der Waals surface area (Å²) in [4.78, 5) is 4.29. The molecule has 0 fully saturated rings. The maximum Gasteiger partial charge on any atom is 0.126 e. The first-order chi connectivity index (χ1) is 8.28. The first-order valence-corrected chi connectivity index (χ1v) is 5.72. The van der Waals surface area contributed by atoms with Crippen LogP contribution in [-0.4, -0.2) is 4.98 Å². The average molecular weight is 227 g/mol. The van der Waals surface area contributed by atoms with E-state index in [4.69, 9.17) is 5.73 Å². The Morgan fingerprint density at radius 1 is 1.06 bits per heavy atom. The monoisotopic (exact) mass is 227 g/mol. The molecule has 0 radical (unpaired) electrons. The third kappa shape index (κ3) is 3.29. The number of rotatable bonds is 4. The predicted molar refractivity (Wildman–Crippen MR) is 70.6 cm³/mol. The second kappa shape index (κ2) is 5.46. The van der Waals surface area contributed by atoms with Crippen LogP contribution in [0, 0.1) is 6.92 Å². The fourth-order valence-corrected chi connectivity index (χ4v) is 1.55. The van der Waals surface area contributed by atoms with Crippen molar-refractivity contribution in [2.45, 2.75) is 20.0 Å². The Hall–Kier alpha value is -1.87. The number of benzene rings is 1. The molecule has 1 heterocycles. The van der Waals surface area contributed by atoms with Gasteiger partial charge in [-0.05, 0) is 24.1 Å². The summed E-state index contributed by atoms with van der Waals surface area (Å²) in [7, 11) is 0. The molecule has 1 aromatic heterocycles. The molecule has 0 aliphatic heterocycles. The third-order valence-corrected chi connectivity index (χ3v) is 2.65. The Morgan fingerprint density at radius 3 is 2.35 bits per heavy atom. The SMILES string of the molecule is Cc1ccc(CNc2ccc(CN)cn2)cc1. The molecular formula is C14H17N3. The van der Waals surface area contributed by atoms with E-state index < -0.39 is 0 Å². The van der Waals surface area contributed by atoms with E-state index in [-0.39, 0.29) is 0 Å². The zero-order valence-electron chi connectivity index (χ0n) is 9.98. The van der Waals surface area contributed by atoms with Gasteiger partial charge in [0.25, 0.3) is 0 Å². The van der Waals surface area contributed by atoms with Crippen molar-refractivity contribution >= 4 is 5.82 Å². The second-order valence-electron chi connectivity index (χ2n) is 4.09. The number of nitrogens with two attached hydrogens (primary N) is 1. The Bertz CT molecular complexity index is 460. The van der Waals surface area contributed by atoms with Gasteiger partial charge in [-0.3, -0.25) is 0 Å². The lowest BCUT2D eigenvalue weighted by atomic mass is 10.1. The normalized spacial score (nSPS) is 10.2. The Morgan fingerprint density at radius 2 is 1.76 bits per heavy atom. The Labute approximate surface area is 102 Å². The molecule has 0 aliphatic carbocycles. The van der Waals surface area contributed by atoms with E-state index in [1.54, 1.807) is 6.20 Å². The van der Waals surface area contributed by atoms with Crippen LogP contribution in [0.5, 0.6) is 0 Å². The quantitative estimate of drug-likeness (QED) is 0.843. The van der Waals surface area contributed by atoms with Crippen molar-refractivity contribution < 1.29 is 0 Å². The second-order valence-corrected chi connectivity index (χ2v) is 4.09. The number of hydrogen-bond donors (Lipinski definition) is 2. The van der Waals surface area contributed by atoms with Gasteiger partial charge in [-0.2, -0.15) is 0 Å². The molecule has 3 nitrogen and oxygen atoms in total. The smallest absolute Gasteiger partial charge is 0.126 e. The van der Waals surface area contributed by atoms with Gasteiger partial charge >= 0.3 is 0 Å².